The number of aryl methyl sites for hydroxylation is 2. The summed E-state index contributed by atoms with van der Waals surface area (Å²) < 4.78 is 0. The summed E-state index contributed by atoms with van der Waals surface area (Å²) in [6.07, 6.45) is 5.89. The van der Waals surface area contributed by atoms with Crippen molar-refractivity contribution in [2.75, 3.05) is 0 Å². The van der Waals surface area contributed by atoms with Crippen molar-refractivity contribution < 1.29 is 38.4 Å². The molecular formula is C76H116O8. The van der Waals surface area contributed by atoms with Gasteiger partial charge in [-0.25, -0.2) is 0 Å². The molecule has 0 amide bonds. The van der Waals surface area contributed by atoms with Crippen molar-refractivity contribution in [1.29, 1.82) is 0 Å². The summed E-state index contributed by atoms with van der Waals surface area (Å²) in [7, 11) is 0. The number of hydrogen-bond acceptors (Lipinski definition) is 8. The summed E-state index contributed by atoms with van der Waals surface area (Å²) in [5, 5.41) is 0. The van der Waals surface area contributed by atoms with Gasteiger partial charge in [0.2, 0.25) is 0 Å². The molecule has 0 aromatic heterocycles. The summed E-state index contributed by atoms with van der Waals surface area (Å²) in [6.45, 7) is 60.0. The number of carbonyl (C=O) groups excluding carboxylic acids is 8. The van der Waals surface area contributed by atoms with Crippen LogP contribution in [0.1, 0.15) is 264 Å². The molecule has 8 heteroatoms. The molecule has 84 heavy (non-hydrogen) atoms. The lowest BCUT2D eigenvalue weighted by molar-refractivity contribution is -0.125. The summed E-state index contributed by atoms with van der Waals surface area (Å²) in [6, 6.07) is 35.3. The molecular weight excluding hydrogens is 1040 g/mol. The molecule has 0 spiro atoms. The van der Waals surface area contributed by atoms with Crippen LogP contribution in [0.4, 0.5) is 0 Å². The van der Waals surface area contributed by atoms with Gasteiger partial charge in [0, 0.05) is 19.3 Å². The minimum Gasteiger partial charge on any atom is -0.300 e. The molecule has 0 atom stereocenters. The third-order valence-corrected chi connectivity index (χ3v) is 12.5. The van der Waals surface area contributed by atoms with E-state index in [0.717, 1.165) is 12.8 Å². The van der Waals surface area contributed by atoms with Crippen LogP contribution in [0.5, 0.6) is 0 Å². The molecule has 4 aromatic rings. The lowest BCUT2D eigenvalue weighted by atomic mass is 9.75. The third kappa shape index (κ3) is 44.3. The minimum absolute atomic E-state index is 0.0183. The molecule has 0 aliphatic heterocycles. The fourth-order valence-corrected chi connectivity index (χ4v) is 7.32. The highest BCUT2D eigenvalue weighted by atomic mass is 16.2. The van der Waals surface area contributed by atoms with E-state index < -0.39 is 0 Å². The second-order valence-corrected chi connectivity index (χ2v) is 27.8. The Labute approximate surface area is 513 Å². The second-order valence-electron chi connectivity index (χ2n) is 27.8. The van der Waals surface area contributed by atoms with Crippen molar-refractivity contribution >= 4 is 46.3 Å². The monoisotopic (exact) mass is 1160 g/mol. The molecule has 0 unspecified atom stereocenters. The summed E-state index contributed by atoms with van der Waals surface area (Å²) in [5.74, 6) is -0.277. The van der Waals surface area contributed by atoms with Crippen molar-refractivity contribution in [2.45, 2.75) is 265 Å². The molecule has 0 saturated heterocycles. The number of ketones is 8. The number of benzene rings is 4. The Balaban J connectivity index is -0.000000442. The molecule has 0 fully saturated rings. The molecule has 0 saturated carbocycles. The van der Waals surface area contributed by atoms with E-state index in [4.69, 9.17) is 0 Å². The lowest BCUT2D eigenvalue weighted by Crippen LogP contribution is -2.21. The van der Waals surface area contributed by atoms with Crippen molar-refractivity contribution in [1.82, 2.24) is 0 Å². The topological polar surface area (TPSA) is 137 Å². The van der Waals surface area contributed by atoms with E-state index in [1.165, 1.54) is 112 Å². The number of carbonyl (C=O) groups is 8. The molecule has 0 aliphatic rings. The zero-order valence-corrected chi connectivity index (χ0v) is 58.1. The van der Waals surface area contributed by atoms with E-state index in [0.29, 0.717) is 18.4 Å². The molecule has 0 aliphatic carbocycles. The Morgan fingerprint density at radius 3 is 0.798 bits per heavy atom. The lowest BCUT2D eigenvalue weighted by Gasteiger charge is -2.29. The average molecular weight is 1160 g/mol. The molecule has 0 N–H and O–H groups in total. The van der Waals surface area contributed by atoms with Crippen LogP contribution in [0.25, 0.3) is 0 Å². The Morgan fingerprint density at radius 2 is 0.619 bits per heavy atom. The Bertz CT molecular complexity index is 2540. The first kappa shape index (κ1) is 84.2. The molecule has 8 nitrogen and oxygen atoms in total. The molecule has 4 aromatic carbocycles. The van der Waals surface area contributed by atoms with Gasteiger partial charge in [-0.3, -0.25) is 28.8 Å². The normalized spacial score (nSPS) is 11.0. The maximum atomic E-state index is 10.4. The van der Waals surface area contributed by atoms with Gasteiger partial charge in [-0.05, 0) is 163 Å². The first-order chi connectivity index (χ1) is 37.9. The standard InChI is InChI=1S/3C14H22.C10H14.C7H10O2.C6H10O2.C6H8O2.C5H8O2/c1-13(2,3)11-7-9-12(10-8-11)14(4,5)6;1-13(2,3)11-8-7-9-12(10-11)14(4,5)6;1-13(2,3)11-9-7-8-10-12(11)14(4,5)6;1-3-9-7-5-6-8-10(9)4-2;1-5(7(3)9)4-6(2)8;2*1-5(7)3-4-6(2)8;1-4(6)3-5(2)7/h3*7-10H,1-6H3;5-8H,3-4H2,1-2H3;1,4H2,2-3H3;3-4H2,1-2H3;3-4H,1-2H3;3H2,1-2H3. The summed E-state index contributed by atoms with van der Waals surface area (Å²) in [5.41, 5.74) is 13.5. The summed E-state index contributed by atoms with van der Waals surface area (Å²) in [4.78, 5) is 81.4. The van der Waals surface area contributed by atoms with Gasteiger partial charge in [0.1, 0.15) is 28.9 Å². The van der Waals surface area contributed by atoms with Gasteiger partial charge in [0.05, 0.1) is 6.42 Å². The van der Waals surface area contributed by atoms with Crippen LogP contribution in [0.2, 0.25) is 0 Å². The van der Waals surface area contributed by atoms with Gasteiger partial charge in [-0.1, -0.05) is 242 Å². The van der Waals surface area contributed by atoms with E-state index in [9.17, 15) is 38.4 Å². The number of Topliss-reactive ketones (excluding diaryl/α,β-unsaturated/α-hetero) is 6. The van der Waals surface area contributed by atoms with Gasteiger partial charge in [-0.2, -0.15) is 0 Å². The van der Waals surface area contributed by atoms with Crippen LogP contribution in [0, 0.1) is 0 Å². The fraction of sp³-hybridized carbons (Fsp3) is 0.526. The predicted molar refractivity (Wildman–Crippen MR) is 359 cm³/mol. The Kier molecular flexibility index (Phi) is 40.2. The Morgan fingerprint density at radius 1 is 0.345 bits per heavy atom. The molecule has 468 valence electrons. The SMILES string of the molecule is C=C(CC(C)=O)C(C)=O.CC(=O)C=CC(C)=O.CC(=O)CC(C)=O.CC(=O)CCC(C)=O.CC(C)(C)c1ccc(C(C)(C)C)cc1.CC(C)(C)c1cccc(C(C)(C)C)c1.CC(C)(C)c1ccccc1C(C)(C)C.CCc1ccccc1CC. The van der Waals surface area contributed by atoms with Crippen LogP contribution in [0.15, 0.2) is 121 Å². The largest absolute Gasteiger partial charge is 0.300 e. The van der Waals surface area contributed by atoms with E-state index in [1.54, 1.807) is 0 Å². The number of hydrogen-bond donors (Lipinski definition) is 0. The quantitative estimate of drug-likeness (QED) is 0.101. The highest BCUT2D eigenvalue weighted by Crippen LogP contribution is 2.34. The highest BCUT2D eigenvalue weighted by molar-refractivity contribution is 5.98. The highest BCUT2D eigenvalue weighted by Gasteiger charge is 2.24. The predicted octanol–water partition coefficient (Wildman–Crippen LogP) is 19.0. The molecule has 0 heterocycles. The zero-order chi connectivity index (χ0) is 66.8. The van der Waals surface area contributed by atoms with E-state index in [1.807, 2.05) is 0 Å². The van der Waals surface area contributed by atoms with Crippen molar-refractivity contribution in [3.05, 3.63) is 166 Å². The first-order valence-electron chi connectivity index (χ1n) is 29.7. The van der Waals surface area contributed by atoms with Crippen LogP contribution < -0.4 is 0 Å². The van der Waals surface area contributed by atoms with Gasteiger partial charge < -0.3 is 9.59 Å². The molecule has 0 radical (unpaired) electrons. The fourth-order valence-electron chi connectivity index (χ4n) is 7.32. The number of allylic oxidation sites excluding steroid dienone is 3. The average Bonchev–Trinajstić information content (AvgIpc) is 3.34. The van der Waals surface area contributed by atoms with Crippen molar-refractivity contribution in [3.8, 4) is 0 Å². The maximum Gasteiger partial charge on any atom is 0.155 e. The molecule has 4 rings (SSSR count). The first-order valence-corrected chi connectivity index (χ1v) is 29.7. The zero-order valence-electron chi connectivity index (χ0n) is 58.1. The second kappa shape index (κ2) is 40.1. The maximum absolute atomic E-state index is 10.4. The summed E-state index contributed by atoms with van der Waals surface area (Å²) >= 11 is 0. The molecule has 0 bridgehead atoms. The van der Waals surface area contributed by atoms with Crippen LogP contribution in [-0.4, -0.2) is 46.3 Å². The minimum atomic E-state index is -0.106. The van der Waals surface area contributed by atoms with E-state index >= 15 is 0 Å². The number of rotatable bonds is 12. The third-order valence-electron chi connectivity index (χ3n) is 12.5. The van der Waals surface area contributed by atoms with Crippen molar-refractivity contribution in [3.63, 3.8) is 0 Å². The van der Waals surface area contributed by atoms with Gasteiger partial charge in [-0.15, -0.1) is 0 Å². The van der Waals surface area contributed by atoms with Crippen LogP contribution in [0.3, 0.4) is 0 Å². The van der Waals surface area contributed by atoms with Crippen molar-refractivity contribution in [2.24, 2.45) is 0 Å². The Hall–Kier alpha value is -6.28. The van der Waals surface area contributed by atoms with E-state index in [-0.39, 0.29) is 91.6 Å². The van der Waals surface area contributed by atoms with Gasteiger partial charge in [0.25, 0.3) is 0 Å². The van der Waals surface area contributed by atoms with E-state index in [2.05, 4.69) is 242 Å². The van der Waals surface area contributed by atoms with Gasteiger partial charge in [0.15, 0.2) is 17.3 Å². The van der Waals surface area contributed by atoms with Gasteiger partial charge >= 0.3 is 0 Å². The smallest absolute Gasteiger partial charge is 0.155 e. The van der Waals surface area contributed by atoms with Crippen LogP contribution >= 0.6 is 0 Å². The van der Waals surface area contributed by atoms with Crippen LogP contribution in [-0.2, 0) is 83.7 Å².